The zero-order valence-corrected chi connectivity index (χ0v) is 27.1. The van der Waals surface area contributed by atoms with Crippen LogP contribution in [-0.2, 0) is 0 Å². The monoisotopic (exact) mass is 638 g/mol. The summed E-state index contributed by atoms with van der Waals surface area (Å²) in [6.07, 6.45) is 0. The van der Waals surface area contributed by atoms with Crippen molar-refractivity contribution in [1.82, 2.24) is 19.9 Å². The summed E-state index contributed by atoms with van der Waals surface area (Å²) >= 11 is 0. The van der Waals surface area contributed by atoms with Crippen LogP contribution in [0.25, 0.3) is 89.4 Å². The van der Waals surface area contributed by atoms with Gasteiger partial charge < -0.3 is 0 Å². The van der Waals surface area contributed by atoms with Crippen molar-refractivity contribution in [3.63, 3.8) is 0 Å². The van der Waals surface area contributed by atoms with Crippen molar-refractivity contribution in [3.8, 4) is 67.7 Å². The lowest BCUT2D eigenvalue weighted by atomic mass is 10.0. The van der Waals surface area contributed by atoms with Crippen LogP contribution in [0, 0.1) is 0 Å². The maximum Gasteiger partial charge on any atom is 0.164 e. The predicted octanol–water partition coefficient (Wildman–Crippen LogP) is 11.6. The second kappa shape index (κ2) is 12.7. The number of hydrogen-bond donors (Lipinski definition) is 0. The van der Waals surface area contributed by atoms with E-state index in [-0.39, 0.29) is 0 Å². The molecule has 2 aromatic heterocycles. The van der Waals surface area contributed by atoms with Crippen molar-refractivity contribution in [2.24, 2.45) is 0 Å². The number of rotatable bonds is 6. The molecule has 0 fully saturated rings. The highest BCUT2D eigenvalue weighted by atomic mass is 15.0. The van der Waals surface area contributed by atoms with E-state index in [0.717, 1.165) is 50.0 Å². The Hall–Kier alpha value is -6.78. The molecule has 50 heavy (non-hydrogen) atoms. The van der Waals surface area contributed by atoms with Gasteiger partial charge in [-0.25, -0.2) is 19.9 Å². The lowest BCUT2D eigenvalue weighted by Gasteiger charge is -2.10. The molecule has 0 saturated carbocycles. The average molecular weight is 639 g/mol. The molecular weight excluding hydrogens is 609 g/mol. The van der Waals surface area contributed by atoms with Crippen molar-refractivity contribution >= 4 is 21.7 Å². The van der Waals surface area contributed by atoms with Gasteiger partial charge in [0.15, 0.2) is 17.5 Å². The van der Waals surface area contributed by atoms with Crippen molar-refractivity contribution in [1.29, 1.82) is 0 Å². The number of hydrogen-bond acceptors (Lipinski definition) is 4. The number of nitrogens with zero attached hydrogens (tertiary/aromatic N) is 4. The Balaban J connectivity index is 1.09. The van der Waals surface area contributed by atoms with Crippen molar-refractivity contribution < 1.29 is 0 Å². The van der Waals surface area contributed by atoms with Crippen molar-refractivity contribution in [2.45, 2.75) is 0 Å². The molecule has 0 bridgehead atoms. The van der Waals surface area contributed by atoms with E-state index < -0.39 is 0 Å². The number of pyridine rings is 1. The zero-order valence-electron chi connectivity index (χ0n) is 27.1. The van der Waals surface area contributed by atoms with Crippen LogP contribution in [0.3, 0.4) is 0 Å². The Morgan fingerprint density at radius 1 is 0.240 bits per heavy atom. The highest BCUT2D eigenvalue weighted by Crippen LogP contribution is 2.30. The Morgan fingerprint density at radius 3 is 1.10 bits per heavy atom. The summed E-state index contributed by atoms with van der Waals surface area (Å²) in [5.41, 5.74) is 10.3. The molecule has 0 radical (unpaired) electrons. The molecule has 9 rings (SSSR count). The van der Waals surface area contributed by atoms with E-state index in [1.54, 1.807) is 0 Å². The van der Waals surface area contributed by atoms with E-state index in [9.17, 15) is 0 Å². The molecule has 7 aromatic carbocycles. The van der Waals surface area contributed by atoms with Crippen LogP contribution in [0.4, 0.5) is 0 Å². The zero-order chi connectivity index (χ0) is 33.3. The number of fused-ring (bicyclic) bond motifs is 2. The molecule has 2 heterocycles. The molecule has 0 aliphatic heterocycles. The van der Waals surface area contributed by atoms with Gasteiger partial charge in [-0.2, -0.15) is 0 Å². The predicted molar refractivity (Wildman–Crippen MR) is 205 cm³/mol. The molecule has 0 aliphatic carbocycles. The van der Waals surface area contributed by atoms with E-state index in [2.05, 4.69) is 170 Å². The third kappa shape index (κ3) is 5.80. The summed E-state index contributed by atoms with van der Waals surface area (Å²) in [5.74, 6) is 1.88. The van der Waals surface area contributed by atoms with E-state index >= 15 is 0 Å². The van der Waals surface area contributed by atoms with Gasteiger partial charge in [-0.15, -0.1) is 0 Å². The summed E-state index contributed by atoms with van der Waals surface area (Å²) < 4.78 is 0. The highest BCUT2D eigenvalue weighted by Gasteiger charge is 2.14. The van der Waals surface area contributed by atoms with Gasteiger partial charge in [-0.1, -0.05) is 164 Å². The van der Waals surface area contributed by atoms with Gasteiger partial charge in [0.05, 0.1) is 11.2 Å². The van der Waals surface area contributed by atoms with Crippen LogP contribution in [0.5, 0.6) is 0 Å². The molecule has 0 aliphatic rings. The third-order valence-electron chi connectivity index (χ3n) is 9.13. The standard InChI is InChI=1S/C46H30N4/c1-3-9-31(10-4-1)33-15-21-36(22-16-33)44-48-45(37-23-17-34(18-24-37)32-11-5-2-6-12-32)50-46(49-44)38-25-19-35(20-26-38)42-28-27-41-29-39-13-7-8-14-40(39)30-43(41)47-42/h1-30H. The molecule has 4 nitrogen and oxygen atoms in total. The summed E-state index contributed by atoms with van der Waals surface area (Å²) in [5, 5.41) is 3.53. The van der Waals surface area contributed by atoms with Crippen LogP contribution in [0.15, 0.2) is 182 Å². The first kappa shape index (κ1) is 29.4. The summed E-state index contributed by atoms with van der Waals surface area (Å²) in [4.78, 5) is 20.0. The summed E-state index contributed by atoms with van der Waals surface area (Å²) in [7, 11) is 0. The molecule has 234 valence electrons. The van der Waals surface area contributed by atoms with Crippen LogP contribution < -0.4 is 0 Å². The van der Waals surface area contributed by atoms with Crippen LogP contribution >= 0.6 is 0 Å². The topological polar surface area (TPSA) is 51.6 Å². The molecule has 4 heteroatoms. The smallest absolute Gasteiger partial charge is 0.164 e. The van der Waals surface area contributed by atoms with Gasteiger partial charge in [0.2, 0.25) is 0 Å². The van der Waals surface area contributed by atoms with Gasteiger partial charge in [-0.3, -0.25) is 0 Å². The molecule has 0 N–H and O–H groups in total. The number of aromatic nitrogens is 4. The molecule has 0 spiro atoms. The molecule has 0 saturated heterocycles. The van der Waals surface area contributed by atoms with Crippen LogP contribution in [0.1, 0.15) is 0 Å². The Morgan fingerprint density at radius 2 is 0.620 bits per heavy atom. The Bertz CT molecular complexity index is 2500. The molecule has 9 aromatic rings. The number of benzene rings is 7. The normalized spacial score (nSPS) is 11.2. The van der Waals surface area contributed by atoms with E-state index in [4.69, 9.17) is 19.9 Å². The maximum atomic E-state index is 5.02. The van der Waals surface area contributed by atoms with Gasteiger partial charge in [-0.05, 0) is 51.2 Å². The third-order valence-corrected chi connectivity index (χ3v) is 9.13. The lowest BCUT2D eigenvalue weighted by Crippen LogP contribution is -2.00. The van der Waals surface area contributed by atoms with Crippen LogP contribution in [-0.4, -0.2) is 19.9 Å². The summed E-state index contributed by atoms with van der Waals surface area (Å²) in [6.45, 7) is 0. The fourth-order valence-electron chi connectivity index (χ4n) is 6.41. The minimum absolute atomic E-state index is 0.619. The maximum absolute atomic E-state index is 5.02. The second-order valence-corrected chi connectivity index (χ2v) is 12.4. The van der Waals surface area contributed by atoms with Crippen LogP contribution in [0.2, 0.25) is 0 Å². The van der Waals surface area contributed by atoms with Crippen molar-refractivity contribution in [2.75, 3.05) is 0 Å². The highest BCUT2D eigenvalue weighted by molar-refractivity contribution is 5.97. The van der Waals surface area contributed by atoms with Gasteiger partial charge in [0.25, 0.3) is 0 Å². The van der Waals surface area contributed by atoms with Crippen molar-refractivity contribution in [3.05, 3.63) is 182 Å². The van der Waals surface area contributed by atoms with E-state index in [1.807, 2.05) is 12.1 Å². The average Bonchev–Trinajstić information content (AvgIpc) is 3.20. The minimum atomic E-state index is 0.619. The fourth-order valence-corrected chi connectivity index (χ4v) is 6.41. The van der Waals surface area contributed by atoms with Gasteiger partial charge in [0, 0.05) is 27.6 Å². The fraction of sp³-hybridized carbons (Fsp3) is 0. The summed E-state index contributed by atoms with van der Waals surface area (Å²) in [6, 6.07) is 62.9. The molecule has 0 amide bonds. The quantitative estimate of drug-likeness (QED) is 0.170. The first-order valence-corrected chi connectivity index (χ1v) is 16.7. The van der Waals surface area contributed by atoms with Gasteiger partial charge in [0.1, 0.15) is 0 Å². The van der Waals surface area contributed by atoms with Gasteiger partial charge >= 0.3 is 0 Å². The Labute approximate surface area is 290 Å². The first-order valence-electron chi connectivity index (χ1n) is 16.7. The molecular formula is C46H30N4. The molecule has 0 atom stereocenters. The molecule has 0 unspecified atom stereocenters. The first-order chi connectivity index (χ1) is 24.7. The SMILES string of the molecule is c1ccc(-c2ccc(-c3nc(-c4ccc(-c5ccccc5)cc4)nc(-c4ccc(-c5ccc6cc7ccccc7cc6n5)cc4)n3)cc2)cc1. The second-order valence-electron chi connectivity index (χ2n) is 12.4. The lowest BCUT2D eigenvalue weighted by molar-refractivity contribution is 1.07. The largest absolute Gasteiger partial charge is 0.248 e. The minimum Gasteiger partial charge on any atom is -0.248 e. The van der Waals surface area contributed by atoms with E-state index in [1.165, 1.54) is 21.9 Å². The van der Waals surface area contributed by atoms with E-state index in [0.29, 0.717) is 17.5 Å². The Kier molecular flexibility index (Phi) is 7.45.